The summed E-state index contributed by atoms with van der Waals surface area (Å²) in [6, 6.07) is 10.2. The fourth-order valence-electron chi connectivity index (χ4n) is 1.66. The van der Waals surface area contributed by atoms with Gasteiger partial charge in [-0.15, -0.1) is 12.4 Å². The molecule has 1 aromatic carbocycles. The number of hydrogen-bond acceptors (Lipinski definition) is 3. The first-order valence-electron chi connectivity index (χ1n) is 6.37. The molecule has 1 atom stereocenters. The normalized spacial score (nSPS) is 11.7. The molecule has 0 amide bonds. The second-order valence-electron chi connectivity index (χ2n) is 4.31. The third kappa shape index (κ3) is 8.67. The van der Waals surface area contributed by atoms with Crippen LogP contribution in [0, 0.1) is 0 Å². The summed E-state index contributed by atoms with van der Waals surface area (Å²) in [6.45, 7) is 0.808. The minimum absolute atomic E-state index is 0. The molecular weight excluding hydrogens is 266 g/mol. The van der Waals surface area contributed by atoms with Gasteiger partial charge in [-0.05, 0) is 25.0 Å². The van der Waals surface area contributed by atoms with E-state index in [0.29, 0.717) is 0 Å². The molecule has 0 fully saturated rings. The van der Waals surface area contributed by atoms with Crippen LogP contribution in [0.5, 0.6) is 5.75 Å². The van der Waals surface area contributed by atoms with Crippen molar-refractivity contribution in [1.82, 2.24) is 0 Å². The van der Waals surface area contributed by atoms with Gasteiger partial charge < -0.3 is 10.5 Å². The van der Waals surface area contributed by atoms with E-state index in [4.69, 9.17) is 10.5 Å². The quantitative estimate of drug-likeness (QED) is 0.537. The number of hydrogen-bond donors (Lipinski definition) is 2. The SMILES string of the molecule is Cl.N[C@@H](CS)CCCCCCOc1ccccc1. The molecule has 0 spiro atoms. The minimum Gasteiger partial charge on any atom is -0.494 e. The average molecular weight is 290 g/mol. The topological polar surface area (TPSA) is 35.2 Å². The van der Waals surface area contributed by atoms with Crippen molar-refractivity contribution in [2.24, 2.45) is 5.73 Å². The monoisotopic (exact) mass is 289 g/mol. The fourth-order valence-corrected chi connectivity index (χ4v) is 1.84. The second-order valence-corrected chi connectivity index (χ2v) is 4.67. The number of thiol groups is 1. The first kappa shape index (κ1) is 17.6. The van der Waals surface area contributed by atoms with Gasteiger partial charge in [0, 0.05) is 11.8 Å². The summed E-state index contributed by atoms with van der Waals surface area (Å²) >= 11 is 4.17. The highest BCUT2D eigenvalue weighted by Crippen LogP contribution is 2.10. The van der Waals surface area contributed by atoms with Crippen LogP contribution < -0.4 is 10.5 Å². The third-order valence-electron chi connectivity index (χ3n) is 2.72. The van der Waals surface area contributed by atoms with Gasteiger partial charge in [0.2, 0.25) is 0 Å². The molecule has 2 N–H and O–H groups in total. The maximum Gasteiger partial charge on any atom is 0.119 e. The highest BCUT2D eigenvalue weighted by Gasteiger charge is 1.98. The van der Waals surface area contributed by atoms with Gasteiger partial charge in [0.25, 0.3) is 0 Å². The molecule has 0 aliphatic carbocycles. The predicted molar refractivity (Wildman–Crippen MR) is 84.1 cm³/mol. The van der Waals surface area contributed by atoms with Crippen LogP contribution in [-0.4, -0.2) is 18.4 Å². The Labute approximate surface area is 122 Å². The molecule has 0 aliphatic heterocycles. The fraction of sp³-hybridized carbons (Fsp3) is 0.571. The summed E-state index contributed by atoms with van der Waals surface area (Å²) < 4.78 is 5.62. The number of nitrogens with two attached hydrogens (primary N) is 1. The average Bonchev–Trinajstić information content (AvgIpc) is 2.38. The van der Waals surface area contributed by atoms with Crippen LogP contribution in [0.1, 0.15) is 32.1 Å². The first-order chi connectivity index (χ1) is 8.33. The number of rotatable bonds is 9. The van der Waals surface area contributed by atoms with E-state index >= 15 is 0 Å². The maximum absolute atomic E-state index is 5.79. The number of unbranched alkanes of at least 4 members (excludes halogenated alkanes) is 3. The van der Waals surface area contributed by atoms with Crippen molar-refractivity contribution in [3.05, 3.63) is 30.3 Å². The highest BCUT2D eigenvalue weighted by atomic mass is 35.5. The Hall–Kier alpha value is -0.380. The van der Waals surface area contributed by atoms with Crippen molar-refractivity contribution in [3.63, 3.8) is 0 Å². The van der Waals surface area contributed by atoms with Crippen LogP contribution >= 0.6 is 25.0 Å². The molecule has 18 heavy (non-hydrogen) atoms. The molecule has 1 aromatic rings. The van der Waals surface area contributed by atoms with Crippen LogP contribution in [0.15, 0.2) is 30.3 Å². The van der Waals surface area contributed by atoms with E-state index in [1.807, 2.05) is 30.3 Å². The van der Waals surface area contributed by atoms with Gasteiger partial charge >= 0.3 is 0 Å². The van der Waals surface area contributed by atoms with E-state index in [2.05, 4.69) is 12.6 Å². The lowest BCUT2D eigenvalue weighted by molar-refractivity contribution is 0.304. The molecule has 0 heterocycles. The molecule has 0 saturated carbocycles. The molecule has 1 rings (SSSR count). The number of benzene rings is 1. The summed E-state index contributed by atoms with van der Waals surface area (Å²) in [5, 5.41) is 0. The number of para-hydroxylation sites is 1. The van der Waals surface area contributed by atoms with Crippen molar-refractivity contribution in [2.75, 3.05) is 12.4 Å². The van der Waals surface area contributed by atoms with Gasteiger partial charge in [-0.25, -0.2) is 0 Å². The second kappa shape index (κ2) is 11.7. The van der Waals surface area contributed by atoms with E-state index in [1.54, 1.807) is 0 Å². The maximum atomic E-state index is 5.79. The van der Waals surface area contributed by atoms with Crippen molar-refractivity contribution in [1.29, 1.82) is 0 Å². The summed E-state index contributed by atoms with van der Waals surface area (Å²) in [5.74, 6) is 1.75. The lowest BCUT2D eigenvalue weighted by Gasteiger charge is -2.08. The molecule has 0 aliphatic rings. The molecule has 0 radical (unpaired) electrons. The standard InChI is InChI=1S/C14H23NOS.ClH/c15-13(12-17)8-4-1-2-7-11-16-14-9-5-3-6-10-14;/h3,5-6,9-10,13,17H,1-2,4,7-8,11-12,15H2;1H/t13-;/m1./s1. The summed E-state index contributed by atoms with van der Waals surface area (Å²) in [4.78, 5) is 0. The Kier molecular flexibility index (Phi) is 11.4. The largest absolute Gasteiger partial charge is 0.494 e. The van der Waals surface area contributed by atoms with Crippen molar-refractivity contribution >= 4 is 25.0 Å². The van der Waals surface area contributed by atoms with Crippen LogP contribution in [0.2, 0.25) is 0 Å². The Morgan fingerprint density at radius 1 is 1.06 bits per heavy atom. The van der Waals surface area contributed by atoms with Crippen LogP contribution in [0.3, 0.4) is 0 Å². The van der Waals surface area contributed by atoms with E-state index in [-0.39, 0.29) is 18.4 Å². The van der Waals surface area contributed by atoms with Crippen molar-refractivity contribution < 1.29 is 4.74 Å². The van der Waals surface area contributed by atoms with Gasteiger partial charge in [-0.3, -0.25) is 0 Å². The lowest BCUT2D eigenvalue weighted by atomic mass is 10.1. The zero-order valence-corrected chi connectivity index (χ0v) is 12.5. The number of ether oxygens (including phenoxy) is 1. The summed E-state index contributed by atoms with van der Waals surface area (Å²) in [6.07, 6.45) is 5.85. The Morgan fingerprint density at radius 3 is 2.39 bits per heavy atom. The zero-order valence-electron chi connectivity index (χ0n) is 10.8. The molecule has 2 nitrogen and oxygen atoms in total. The zero-order chi connectivity index (χ0) is 12.3. The molecule has 104 valence electrons. The van der Waals surface area contributed by atoms with Crippen molar-refractivity contribution in [2.45, 2.75) is 38.1 Å². The van der Waals surface area contributed by atoms with Gasteiger partial charge in [0.05, 0.1) is 6.61 Å². The van der Waals surface area contributed by atoms with E-state index in [0.717, 1.165) is 31.0 Å². The highest BCUT2D eigenvalue weighted by molar-refractivity contribution is 7.80. The third-order valence-corrected chi connectivity index (χ3v) is 3.18. The molecule has 0 saturated heterocycles. The summed E-state index contributed by atoms with van der Waals surface area (Å²) in [5.41, 5.74) is 5.79. The number of halogens is 1. The Morgan fingerprint density at radius 2 is 1.72 bits per heavy atom. The van der Waals surface area contributed by atoms with Crippen LogP contribution in [0.25, 0.3) is 0 Å². The van der Waals surface area contributed by atoms with E-state index in [9.17, 15) is 0 Å². The predicted octanol–water partition coefficient (Wildman–Crippen LogP) is 3.69. The molecule has 0 bridgehead atoms. The lowest BCUT2D eigenvalue weighted by Crippen LogP contribution is -2.21. The van der Waals surface area contributed by atoms with E-state index < -0.39 is 0 Å². The van der Waals surface area contributed by atoms with Gasteiger partial charge in [-0.1, -0.05) is 37.5 Å². The molecular formula is C14H24ClNOS. The Balaban J connectivity index is 0.00000289. The van der Waals surface area contributed by atoms with Crippen LogP contribution in [0.4, 0.5) is 0 Å². The molecule has 4 heteroatoms. The van der Waals surface area contributed by atoms with E-state index in [1.165, 1.54) is 19.3 Å². The first-order valence-corrected chi connectivity index (χ1v) is 7.00. The van der Waals surface area contributed by atoms with Gasteiger partial charge in [0.1, 0.15) is 5.75 Å². The smallest absolute Gasteiger partial charge is 0.119 e. The van der Waals surface area contributed by atoms with Gasteiger partial charge in [0.15, 0.2) is 0 Å². The summed E-state index contributed by atoms with van der Waals surface area (Å²) in [7, 11) is 0. The minimum atomic E-state index is 0. The van der Waals surface area contributed by atoms with Crippen LogP contribution in [-0.2, 0) is 0 Å². The van der Waals surface area contributed by atoms with Gasteiger partial charge in [-0.2, -0.15) is 12.6 Å². The molecule has 0 aromatic heterocycles. The van der Waals surface area contributed by atoms with Crippen molar-refractivity contribution in [3.8, 4) is 5.75 Å². The Bertz CT molecular complexity index is 284. The molecule has 0 unspecified atom stereocenters.